The van der Waals surface area contributed by atoms with E-state index in [0.29, 0.717) is 22.9 Å². The molecule has 0 saturated heterocycles. The smallest absolute Gasteiger partial charge is 0.248 e. The summed E-state index contributed by atoms with van der Waals surface area (Å²) in [6, 6.07) is 4.07. The average molecular weight is 513 g/mol. The van der Waals surface area contributed by atoms with Crippen molar-refractivity contribution in [2.75, 3.05) is 67.6 Å². The van der Waals surface area contributed by atoms with E-state index in [0.717, 1.165) is 38.9 Å². The summed E-state index contributed by atoms with van der Waals surface area (Å²) in [4.78, 5) is 17.0. The molecule has 1 aliphatic rings. The van der Waals surface area contributed by atoms with Crippen LogP contribution in [0, 0.1) is 13.8 Å². The Labute approximate surface area is 211 Å². The predicted octanol–water partition coefficient (Wildman–Crippen LogP) is 1.87. The number of methoxy groups -OCH3 is 1. The summed E-state index contributed by atoms with van der Waals surface area (Å²) >= 11 is 0. The van der Waals surface area contributed by atoms with Crippen molar-refractivity contribution in [2.24, 2.45) is 0 Å². The molecular formula is C25H44N4O5S. The summed E-state index contributed by atoms with van der Waals surface area (Å²) in [6.45, 7) is 8.91. The number of amides is 1. The summed E-state index contributed by atoms with van der Waals surface area (Å²) in [7, 11) is 3.34. The highest BCUT2D eigenvalue weighted by Gasteiger charge is 2.30. The van der Waals surface area contributed by atoms with Crippen LogP contribution in [-0.4, -0.2) is 108 Å². The van der Waals surface area contributed by atoms with Crippen molar-refractivity contribution >= 4 is 15.9 Å². The van der Waals surface area contributed by atoms with Gasteiger partial charge in [-0.3, -0.25) is 4.79 Å². The molecule has 9 nitrogen and oxygen atoms in total. The highest BCUT2D eigenvalue weighted by molar-refractivity contribution is 7.89. The first-order chi connectivity index (χ1) is 16.5. The van der Waals surface area contributed by atoms with Crippen molar-refractivity contribution in [1.82, 2.24) is 19.4 Å². The van der Waals surface area contributed by atoms with E-state index in [2.05, 4.69) is 24.2 Å². The zero-order chi connectivity index (χ0) is 26.2. The van der Waals surface area contributed by atoms with Crippen LogP contribution in [0.5, 0.6) is 5.75 Å². The Bertz CT molecular complexity index is 917. The molecule has 1 aliphatic carbocycles. The molecule has 1 aromatic rings. The average Bonchev–Trinajstić information content (AvgIpc) is 3.28. The number of hydrogen-bond acceptors (Lipinski definition) is 7. The number of hydrogen-bond donors (Lipinski definition) is 1. The third kappa shape index (κ3) is 8.15. The number of sulfonamides is 1. The van der Waals surface area contributed by atoms with Gasteiger partial charge < -0.3 is 24.6 Å². The van der Waals surface area contributed by atoms with Crippen molar-refractivity contribution in [3.05, 3.63) is 23.3 Å². The van der Waals surface area contributed by atoms with Gasteiger partial charge in [-0.25, -0.2) is 8.42 Å². The van der Waals surface area contributed by atoms with Crippen LogP contribution in [-0.2, 0) is 19.6 Å². The zero-order valence-corrected chi connectivity index (χ0v) is 23.3. The summed E-state index contributed by atoms with van der Waals surface area (Å²) in [5.41, 5.74) is 1.27. The normalized spacial score (nSPS) is 18.4. The van der Waals surface area contributed by atoms with Crippen LogP contribution in [0.2, 0.25) is 0 Å². The summed E-state index contributed by atoms with van der Waals surface area (Å²) in [6.07, 6.45) is 2.98. The van der Waals surface area contributed by atoms with Crippen molar-refractivity contribution in [1.29, 1.82) is 0 Å². The second kappa shape index (κ2) is 13.5. The number of benzene rings is 1. The zero-order valence-electron chi connectivity index (χ0n) is 22.5. The van der Waals surface area contributed by atoms with Crippen LogP contribution < -0.4 is 10.1 Å². The first-order valence-electron chi connectivity index (χ1n) is 12.4. The molecular weight excluding hydrogens is 468 g/mol. The monoisotopic (exact) mass is 512 g/mol. The lowest BCUT2D eigenvalue weighted by molar-refractivity contribution is -0.136. The molecule has 2 unspecified atom stereocenters. The van der Waals surface area contributed by atoms with Gasteiger partial charge in [0.2, 0.25) is 15.9 Å². The molecule has 0 bridgehead atoms. The predicted molar refractivity (Wildman–Crippen MR) is 138 cm³/mol. The van der Waals surface area contributed by atoms with Gasteiger partial charge in [0, 0.05) is 45.8 Å². The van der Waals surface area contributed by atoms with Gasteiger partial charge in [0.05, 0.1) is 18.6 Å². The van der Waals surface area contributed by atoms with Gasteiger partial charge in [0.25, 0.3) is 0 Å². The van der Waals surface area contributed by atoms with Gasteiger partial charge in [0.15, 0.2) is 0 Å². The number of nitrogens with one attached hydrogen (secondary N) is 1. The van der Waals surface area contributed by atoms with Crippen LogP contribution in [0.3, 0.4) is 0 Å². The Hall–Kier alpha value is -1.72. The highest BCUT2D eigenvalue weighted by atomic mass is 32.2. The molecule has 2 atom stereocenters. The maximum absolute atomic E-state index is 13.1. The number of likely N-dealkylation sites (N-methyl/N-ethyl adjacent to an activating group) is 3. The number of ether oxygens (including phenoxy) is 2. The van der Waals surface area contributed by atoms with Gasteiger partial charge >= 0.3 is 0 Å². The molecule has 1 N–H and O–H groups in total. The van der Waals surface area contributed by atoms with Gasteiger partial charge in [-0.15, -0.1) is 0 Å². The minimum Gasteiger partial charge on any atom is -0.497 e. The molecule has 0 spiro atoms. The molecule has 1 saturated carbocycles. The fraction of sp³-hybridized carbons (Fsp3) is 0.720. The number of rotatable bonds is 14. The second-order valence-corrected chi connectivity index (χ2v) is 11.5. The lowest BCUT2D eigenvalue weighted by atomic mass is 10.1. The molecule has 0 heterocycles. The Kier molecular flexibility index (Phi) is 11.4. The van der Waals surface area contributed by atoms with E-state index in [1.165, 1.54) is 11.4 Å². The van der Waals surface area contributed by atoms with E-state index in [9.17, 15) is 13.2 Å². The number of nitrogens with zero attached hydrogens (tertiary/aromatic N) is 3. The van der Waals surface area contributed by atoms with Crippen LogP contribution in [0.4, 0.5) is 0 Å². The molecule has 200 valence electrons. The molecule has 0 radical (unpaired) electrons. The van der Waals surface area contributed by atoms with Crippen LogP contribution in [0.25, 0.3) is 0 Å². The minimum absolute atomic E-state index is 0.0547. The fourth-order valence-corrected chi connectivity index (χ4v) is 6.04. The second-order valence-electron chi connectivity index (χ2n) is 9.49. The molecule has 0 aromatic heterocycles. The van der Waals surface area contributed by atoms with E-state index < -0.39 is 10.0 Å². The van der Waals surface area contributed by atoms with Gasteiger partial charge in [-0.05, 0) is 70.0 Å². The van der Waals surface area contributed by atoms with Gasteiger partial charge in [-0.1, -0.05) is 6.92 Å². The fourth-order valence-electron chi connectivity index (χ4n) is 4.48. The van der Waals surface area contributed by atoms with E-state index in [1.54, 1.807) is 38.0 Å². The molecule has 1 aromatic carbocycles. The number of aryl methyl sites for hydroxylation is 2. The van der Waals surface area contributed by atoms with Gasteiger partial charge in [0.1, 0.15) is 12.4 Å². The summed E-state index contributed by atoms with van der Waals surface area (Å²) in [5.74, 6) is 0.551. The van der Waals surface area contributed by atoms with Crippen LogP contribution in [0.15, 0.2) is 17.0 Å². The molecule has 2 rings (SSSR count). The quantitative estimate of drug-likeness (QED) is 0.381. The molecule has 0 aliphatic heterocycles. The van der Waals surface area contributed by atoms with Crippen molar-refractivity contribution in [3.8, 4) is 5.75 Å². The first-order valence-corrected chi connectivity index (χ1v) is 13.8. The van der Waals surface area contributed by atoms with E-state index in [1.807, 2.05) is 7.05 Å². The first kappa shape index (κ1) is 29.5. The number of carbonyl (C=O) groups is 1. The Morgan fingerprint density at radius 3 is 2.37 bits per heavy atom. The standard InChI is InChI=1S/C25H44N4O5S/c1-8-27(4)12-11-26-21-9-10-22(17-21)29(6)24(30)18-34-14-13-28(5)35(31,32)25-19(2)15-23(33-7)16-20(25)3/h15-16,21-22,26H,8-14,17-18H2,1-7H3. The maximum Gasteiger partial charge on any atom is 0.248 e. The van der Waals surface area contributed by atoms with Crippen molar-refractivity contribution < 1.29 is 22.7 Å². The largest absolute Gasteiger partial charge is 0.497 e. The van der Waals surface area contributed by atoms with Crippen LogP contribution >= 0.6 is 0 Å². The molecule has 10 heteroatoms. The Balaban J connectivity index is 1.77. The van der Waals surface area contributed by atoms with Gasteiger partial charge in [-0.2, -0.15) is 4.31 Å². The summed E-state index contributed by atoms with van der Waals surface area (Å²) in [5, 5.41) is 3.60. The number of carbonyl (C=O) groups excluding carboxylic acids is 1. The summed E-state index contributed by atoms with van der Waals surface area (Å²) < 4.78 is 38.2. The maximum atomic E-state index is 13.1. The highest BCUT2D eigenvalue weighted by Crippen LogP contribution is 2.27. The van der Waals surface area contributed by atoms with E-state index >= 15 is 0 Å². The Morgan fingerprint density at radius 2 is 1.77 bits per heavy atom. The van der Waals surface area contributed by atoms with E-state index in [4.69, 9.17) is 9.47 Å². The topological polar surface area (TPSA) is 91.4 Å². The lowest BCUT2D eigenvalue weighted by Crippen LogP contribution is -2.40. The molecule has 35 heavy (non-hydrogen) atoms. The SMILES string of the molecule is CCN(C)CCNC1CCC(N(C)C(=O)COCCN(C)S(=O)(=O)c2c(C)cc(OC)cc2C)C1. The Morgan fingerprint density at radius 1 is 1.11 bits per heavy atom. The van der Waals surface area contributed by atoms with E-state index in [-0.39, 0.29) is 36.6 Å². The lowest BCUT2D eigenvalue weighted by Gasteiger charge is -2.25. The van der Waals surface area contributed by atoms with Crippen LogP contribution in [0.1, 0.15) is 37.3 Å². The van der Waals surface area contributed by atoms with Crippen molar-refractivity contribution in [3.63, 3.8) is 0 Å². The molecule has 1 fully saturated rings. The van der Waals surface area contributed by atoms with Crippen molar-refractivity contribution in [2.45, 2.75) is 57.0 Å². The minimum atomic E-state index is -3.68. The third-order valence-corrected chi connectivity index (χ3v) is 9.09. The molecule has 1 amide bonds. The third-order valence-electron chi connectivity index (χ3n) is 6.93.